The lowest BCUT2D eigenvalue weighted by Gasteiger charge is -2.30. The number of carbonyl (C=O) groups is 5. The Morgan fingerprint density at radius 3 is 1.36 bits per heavy atom. The van der Waals surface area contributed by atoms with Crippen molar-refractivity contribution in [3.63, 3.8) is 0 Å². The molecule has 0 aromatic heterocycles. The molecule has 8 heteroatoms. The Morgan fingerprint density at radius 2 is 1.00 bits per heavy atom. The van der Waals surface area contributed by atoms with Crippen molar-refractivity contribution in [1.82, 2.24) is 0 Å². The lowest BCUT2D eigenvalue weighted by Crippen LogP contribution is -2.39. The summed E-state index contributed by atoms with van der Waals surface area (Å²) in [5.74, 6) is -8.26. The van der Waals surface area contributed by atoms with Gasteiger partial charge in [-0.15, -0.1) is 0 Å². The maximum absolute atomic E-state index is 12.6. The van der Waals surface area contributed by atoms with Gasteiger partial charge in [-0.1, -0.05) is 60.7 Å². The van der Waals surface area contributed by atoms with Gasteiger partial charge in [0.25, 0.3) is 0 Å². The summed E-state index contributed by atoms with van der Waals surface area (Å²) in [6.07, 6.45) is -0.308. The van der Waals surface area contributed by atoms with Crippen LogP contribution in [-0.4, -0.2) is 34.6 Å². The Hall–Kier alpha value is -3.81. The fourth-order valence-electron chi connectivity index (χ4n) is 3.87. The van der Waals surface area contributed by atoms with Gasteiger partial charge in [-0.2, -0.15) is 0 Å². The fourth-order valence-corrected chi connectivity index (χ4v) is 3.87. The molecule has 0 radical (unpaired) electrons. The van der Waals surface area contributed by atoms with Gasteiger partial charge in [-0.05, 0) is 30.4 Å². The van der Waals surface area contributed by atoms with Gasteiger partial charge in [-0.25, -0.2) is 9.59 Å². The standard InChI is InChI=1S/C25H24O8/c26-21(24(30)32-14-16-7-3-1-4-8-16)18-11-19(13-20(12-18)23(28)29)22(27)25(31)33-15-17-9-5-2-6-10-17/h1-10,18-20H,11-15H2,(H,28,29)/t18-,19+,20-. The van der Waals surface area contributed by atoms with E-state index in [1.807, 2.05) is 0 Å². The number of rotatable bonds is 9. The first-order valence-corrected chi connectivity index (χ1v) is 10.6. The highest BCUT2D eigenvalue weighted by Crippen LogP contribution is 2.35. The number of carboxylic acids is 1. The third kappa shape index (κ3) is 6.58. The number of hydrogen-bond donors (Lipinski definition) is 1. The molecule has 33 heavy (non-hydrogen) atoms. The number of esters is 2. The molecule has 0 bridgehead atoms. The van der Waals surface area contributed by atoms with E-state index in [-0.39, 0.29) is 32.5 Å². The van der Waals surface area contributed by atoms with E-state index in [4.69, 9.17) is 9.47 Å². The average molecular weight is 452 g/mol. The zero-order valence-electron chi connectivity index (χ0n) is 17.8. The number of hydrogen-bond acceptors (Lipinski definition) is 7. The average Bonchev–Trinajstić information content (AvgIpc) is 2.85. The molecular weight excluding hydrogens is 428 g/mol. The summed E-state index contributed by atoms with van der Waals surface area (Å²) < 4.78 is 10.1. The van der Waals surface area contributed by atoms with Gasteiger partial charge < -0.3 is 14.6 Å². The Kier molecular flexibility index (Phi) is 8.07. The second-order valence-corrected chi connectivity index (χ2v) is 7.99. The lowest BCUT2D eigenvalue weighted by molar-refractivity contribution is -0.161. The third-order valence-electron chi connectivity index (χ3n) is 5.63. The van der Waals surface area contributed by atoms with Crippen molar-refractivity contribution in [3.8, 4) is 0 Å². The molecule has 8 nitrogen and oxygen atoms in total. The number of benzene rings is 2. The van der Waals surface area contributed by atoms with Crippen LogP contribution in [0.4, 0.5) is 0 Å². The molecule has 3 atom stereocenters. The van der Waals surface area contributed by atoms with Crippen LogP contribution in [0.5, 0.6) is 0 Å². The minimum Gasteiger partial charge on any atom is -0.481 e. The highest BCUT2D eigenvalue weighted by molar-refractivity contribution is 6.36. The lowest BCUT2D eigenvalue weighted by atomic mass is 9.72. The summed E-state index contributed by atoms with van der Waals surface area (Å²) >= 11 is 0. The van der Waals surface area contributed by atoms with E-state index in [0.29, 0.717) is 11.1 Å². The van der Waals surface area contributed by atoms with Crippen LogP contribution >= 0.6 is 0 Å². The molecule has 0 amide bonds. The molecular formula is C25H24O8. The van der Waals surface area contributed by atoms with Crippen molar-refractivity contribution in [1.29, 1.82) is 0 Å². The molecule has 2 aromatic carbocycles. The van der Waals surface area contributed by atoms with Gasteiger partial charge in [0.1, 0.15) is 13.2 Å². The van der Waals surface area contributed by atoms with Crippen molar-refractivity contribution in [2.75, 3.05) is 0 Å². The van der Waals surface area contributed by atoms with E-state index in [1.54, 1.807) is 60.7 Å². The van der Waals surface area contributed by atoms with Gasteiger partial charge in [0.05, 0.1) is 5.92 Å². The molecule has 0 heterocycles. The maximum Gasteiger partial charge on any atom is 0.375 e. The second kappa shape index (κ2) is 11.2. The number of Topliss-reactive ketones (excluding diaryl/α,β-unsaturated/α-hetero) is 2. The minimum absolute atomic E-state index is 0.0998. The zero-order chi connectivity index (χ0) is 23.8. The summed E-state index contributed by atoms with van der Waals surface area (Å²) in [5, 5.41) is 9.46. The molecule has 0 unspecified atom stereocenters. The highest BCUT2D eigenvalue weighted by Gasteiger charge is 2.43. The third-order valence-corrected chi connectivity index (χ3v) is 5.63. The monoisotopic (exact) mass is 452 g/mol. The molecule has 3 rings (SSSR count). The van der Waals surface area contributed by atoms with E-state index >= 15 is 0 Å². The van der Waals surface area contributed by atoms with Crippen molar-refractivity contribution in [2.24, 2.45) is 17.8 Å². The first-order chi connectivity index (χ1) is 15.8. The van der Waals surface area contributed by atoms with E-state index in [0.717, 1.165) is 0 Å². The summed E-state index contributed by atoms with van der Waals surface area (Å²) in [4.78, 5) is 61.4. The summed E-state index contributed by atoms with van der Waals surface area (Å²) in [7, 11) is 0. The summed E-state index contributed by atoms with van der Waals surface area (Å²) in [6, 6.07) is 17.6. The number of carbonyl (C=O) groups excluding carboxylic acids is 4. The van der Waals surface area contributed by atoms with Crippen LogP contribution in [0.3, 0.4) is 0 Å². The molecule has 2 aromatic rings. The molecule has 0 aliphatic heterocycles. The highest BCUT2D eigenvalue weighted by atomic mass is 16.5. The number of carboxylic acid groups (broad SMARTS) is 1. The molecule has 0 spiro atoms. The van der Waals surface area contributed by atoms with Gasteiger partial charge in [-0.3, -0.25) is 14.4 Å². The smallest absolute Gasteiger partial charge is 0.375 e. The predicted molar refractivity (Wildman–Crippen MR) is 114 cm³/mol. The number of ether oxygens (including phenoxy) is 2. The van der Waals surface area contributed by atoms with Crippen molar-refractivity contribution < 1.29 is 38.6 Å². The summed E-state index contributed by atoms with van der Waals surface area (Å²) in [6.45, 7) is -0.205. The molecule has 1 fully saturated rings. The quantitative estimate of drug-likeness (QED) is 0.455. The Balaban J connectivity index is 1.62. The van der Waals surface area contributed by atoms with Crippen LogP contribution in [0, 0.1) is 17.8 Å². The van der Waals surface area contributed by atoms with Crippen molar-refractivity contribution in [3.05, 3.63) is 71.8 Å². The largest absolute Gasteiger partial charge is 0.481 e. The van der Waals surface area contributed by atoms with E-state index < -0.39 is 47.2 Å². The van der Waals surface area contributed by atoms with Crippen LogP contribution in [0.2, 0.25) is 0 Å². The van der Waals surface area contributed by atoms with Gasteiger partial charge in [0.2, 0.25) is 11.6 Å². The normalized spacial score (nSPS) is 19.8. The van der Waals surface area contributed by atoms with Crippen LogP contribution in [-0.2, 0) is 46.7 Å². The second-order valence-electron chi connectivity index (χ2n) is 7.99. The first-order valence-electron chi connectivity index (χ1n) is 10.6. The molecule has 1 aliphatic rings. The number of ketones is 2. The van der Waals surface area contributed by atoms with Crippen molar-refractivity contribution in [2.45, 2.75) is 32.5 Å². The molecule has 1 N–H and O–H groups in total. The SMILES string of the molecule is O=C(OCc1ccccc1)C(=O)[C@@H]1C[C@H](C(=O)O)C[C@H](C(=O)C(=O)OCc2ccccc2)C1. The Morgan fingerprint density at radius 1 is 0.636 bits per heavy atom. The molecule has 172 valence electrons. The fraction of sp³-hybridized carbons (Fsp3) is 0.320. The van der Waals surface area contributed by atoms with Crippen molar-refractivity contribution >= 4 is 29.5 Å². The van der Waals surface area contributed by atoms with E-state index in [2.05, 4.69) is 0 Å². The molecule has 0 saturated heterocycles. The van der Waals surface area contributed by atoms with Crippen LogP contribution < -0.4 is 0 Å². The van der Waals surface area contributed by atoms with E-state index in [9.17, 15) is 29.1 Å². The summed E-state index contributed by atoms with van der Waals surface area (Å²) in [5.41, 5.74) is 1.39. The topological polar surface area (TPSA) is 124 Å². The van der Waals surface area contributed by atoms with E-state index in [1.165, 1.54) is 0 Å². The Labute approximate surface area is 190 Å². The van der Waals surface area contributed by atoms with Crippen LogP contribution in [0.25, 0.3) is 0 Å². The van der Waals surface area contributed by atoms with Gasteiger partial charge in [0.15, 0.2) is 0 Å². The molecule has 1 saturated carbocycles. The minimum atomic E-state index is -1.19. The Bertz CT molecular complexity index is 940. The zero-order valence-corrected chi connectivity index (χ0v) is 17.8. The predicted octanol–water partition coefficient (Wildman–Crippen LogP) is 2.73. The molecule has 1 aliphatic carbocycles. The van der Waals surface area contributed by atoms with Gasteiger partial charge >= 0.3 is 17.9 Å². The van der Waals surface area contributed by atoms with Gasteiger partial charge in [0, 0.05) is 11.8 Å². The maximum atomic E-state index is 12.6. The van der Waals surface area contributed by atoms with Crippen LogP contribution in [0.15, 0.2) is 60.7 Å². The number of aliphatic carboxylic acids is 1. The first kappa shape index (κ1) is 23.8. The van der Waals surface area contributed by atoms with Crippen LogP contribution in [0.1, 0.15) is 30.4 Å².